The van der Waals surface area contributed by atoms with Crippen LogP contribution in [0.2, 0.25) is 0 Å². The van der Waals surface area contributed by atoms with Crippen LogP contribution < -0.4 is 5.73 Å². The summed E-state index contributed by atoms with van der Waals surface area (Å²) in [5.41, 5.74) is 8.40. The number of pyridine rings is 1. The van der Waals surface area contributed by atoms with E-state index in [-0.39, 0.29) is 12.3 Å². The standard InChI is InChI=1S/C17H18N8O2/c1-23-9-13(10-6-20-25(8-10)3-4-26)22-17(23)15-11-7-19-24(2)14(11)5-12(21-15)16(18)27/h5-9,26H,3-4H2,1-2H3,(H2,18,27). The van der Waals surface area contributed by atoms with Crippen molar-refractivity contribution < 1.29 is 9.90 Å². The third kappa shape index (κ3) is 2.85. The van der Waals surface area contributed by atoms with Crippen LogP contribution in [-0.2, 0) is 20.6 Å². The van der Waals surface area contributed by atoms with Gasteiger partial charge in [-0.2, -0.15) is 10.2 Å². The van der Waals surface area contributed by atoms with Crippen LogP contribution in [0.5, 0.6) is 0 Å². The topological polar surface area (TPSA) is 130 Å². The number of carbonyl (C=O) groups excluding carboxylic acids is 1. The lowest BCUT2D eigenvalue weighted by Gasteiger charge is -2.05. The molecular formula is C17H18N8O2. The van der Waals surface area contributed by atoms with Gasteiger partial charge in [0.05, 0.1) is 36.8 Å². The molecule has 0 aliphatic carbocycles. The Hall–Kier alpha value is -3.53. The van der Waals surface area contributed by atoms with Gasteiger partial charge >= 0.3 is 0 Å². The van der Waals surface area contributed by atoms with Crippen molar-refractivity contribution in [2.45, 2.75) is 6.54 Å². The van der Waals surface area contributed by atoms with E-state index in [1.165, 1.54) is 0 Å². The van der Waals surface area contributed by atoms with E-state index >= 15 is 0 Å². The normalized spacial score (nSPS) is 11.4. The second kappa shape index (κ2) is 6.32. The molecule has 0 saturated heterocycles. The summed E-state index contributed by atoms with van der Waals surface area (Å²) in [4.78, 5) is 20.8. The number of nitrogens with two attached hydrogens (primary N) is 1. The van der Waals surface area contributed by atoms with E-state index in [0.29, 0.717) is 23.8 Å². The van der Waals surface area contributed by atoms with Crippen LogP contribution in [0, 0.1) is 0 Å². The van der Waals surface area contributed by atoms with E-state index in [0.717, 1.165) is 16.5 Å². The van der Waals surface area contributed by atoms with E-state index in [1.54, 1.807) is 34.9 Å². The average Bonchev–Trinajstić information content (AvgIpc) is 3.34. The Morgan fingerprint density at radius 2 is 2.00 bits per heavy atom. The highest BCUT2D eigenvalue weighted by atomic mass is 16.3. The molecular weight excluding hydrogens is 348 g/mol. The van der Waals surface area contributed by atoms with Crippen molar-refractivity contribution in [2.24, 2.45) is 19.8 Å². The van der Waals surface area contributed by atoms with Crippen LogP contribution in [0.4, 0.5) is 0 Å². The number of aliphatic hydroxyl groups is 1. The van der Waals surface area contributed by atoms with Crippen molar-refractivity contribution in [1.29, 1.82) is 0 Å². The second-order valence-corrected chi connectivity index (χ2v) is 6.20. The van der Waals surface area contributed by atoms with Crippen LogP contribution in [0.1, 0.15) is 10.5 Å². The molecule has 0 spiro atoms. The van der Waals surface area contributed by atoms with Gasteiger partial charge < -0.3 is 15.4 Å². The number of hydrogen-bond acceptors (Lipinski definition) is 6. The molecule has 4 rings (SSSR count). The van der Waals surface area contributed by atoms with Gasteiger partial charge in [-0.25, -0.2) is 9.97 Å². The first-order valence-corrected chi connectivity index (χ1v) is 8.28. The molecule has 0 bridgehead atoms. The maximum atomic E-state index is 11.7. The van der Waals surface area contributed by atoms with Crippen molar-refractivity contribution in [2.75, 3.05) is 6.61 Å². The number of fused-ring (bicyclic) bond motifs is 1. The fourth-order valence-corrected chi connectivity index (χ4v) is 2.99. The Balaban J connectivity index is 1.86. The number of aryl methyl sites for hydroxylation is 2. The van der Waals surface area contributed by atoms with Crippen molar-refractivity contribution >= 4 is 16.8 Å². The largest absolute Gasteiger partial charge is 0.394 e. The molecule has 138 valence electrons. The van der Waals surface area contributed by atoms with Crippen LogP contribution >= 0.6 is 0 Å². The second-order valence-electron chi connectivity index (χ2n) is 6.20. The quantitative estimate of drug-likeness (QED) is 0.523. The molecule has 0 radical (unpaired) electrons. The number of aromatic nitrogens is 7. The average molecular weight is 366 g/mol. The predicted octanol–water partition coefficient (Wildman–Crippen LogP) is 0.323. The minimum absolute atomic E-state index is 0.0113. The number of imidazole rings is 1. The number of hydrogen-bond donors (Lipinski definition) is 2. The fraction of sp³-hybridized carbons (Fsp3) is 0.235. The first-order valence-electron chi connectivity index (χ1n) is 8.28. The number of carbonyl (C=O) groups is 1. The van der Waals surface area contributed by atoms with Gasteiger partial charge in [-0.3, -0.25) is 14.2 Å². The van der Waals surface area contributed by atoms with Gasteiger partial charge in [-0.05, 0) is 6.07 Å². The van der Waals surface area contributed by atoms with E-state index in [4.69, 9.17) is 10.8 Å². The van der Waals surface area contributed by atoms with Gasteiger partial charge in [-0.15, -0.1) is 0 Å². The fourth-order valence-electron chi connectivity index (χ4n) is 2.99. The first kappa shape index (κ1) is 16.9. The summed E-state index contributed by atoms with van der Waals surface area (Å²) in [6.07, 6.45) is 7.05. The van der Waals surface area contributed by atoms with Gasteiger partial charge in [0.2, 0.25) is 0 Å². The minimum atomic E-state index is -0.612. The molecule has 0 aliphatic rings. The van der Waals surface area contributed by atoms with E-state index in [9.17, 15) is 4.79 Å². The minimum Gasteiger partial charge on any atom is -0.394 e. The molecule has 27 heavy (non-hydrogen) atoms. The van der Waals surface area contributed by atoms with Crippen LogP contribution in [0.15, 0.2) is 30.9 Å². The highest BCUT2D eigenvalue weighted by Gasteiger charge is 2.19. The number of rotatable bonds is 5. The molecule has 10 heteroatoms. The van der Waals surface area contributed by atoms with Gasteiger partial charge in [0, 0.05) is 37.4 Å². The Kier molecular flexibility index (Phi) is 3.96. The third-order valence-corrected chi connectivity index (χ3v) is 4.34. The number of aliphatic hydroxyl groups excluding tert-OH is 1. The van der Waals surface area contributed by atoms with Gasteiger partial charge in [0.25, 0.3) is 5.91 Å². The summed E-state index contributed by atoms with van der Waals surface area (Å²) in [7, 11) is 3.64. The zero-order valence-electron chi connectivity index (χ0n) is 14.9. The van der Waals surface area contributed by atoms with Crippen LogP contribution in [0.3, 0.4) is 0 Å². The molecule has 10 nitrogen and oxygen atoms in total. The van der Waals surface area contributed by atoms with Gasteiger partial charge in [0.1, 0.15) is 11.4 Å². The van der Waals surface area contributed by atoms with Crippen LogP contribution in [0.25, 0.3) is 33.7 Å². The van der Waals surface area contributed by atoms with Gasteiger partial charge in [0.15, 0.2) is 5.82 Å². The monoisotopic (exact) mass is 366 g/mol. The summed E-state index contributed by atoms with van der Waals surface area (Å²) in [6, 6.07) is 1.62. The SMILES string of the molecule is Cn1cc(-c2cnn(CCO)c2)nc1-c1nc(C(N)=O)cc2c1cnn2C. The third-order valence-electron chi connectivity index (χ3n) is 4.34. The lowest BCUT2D eigenvalue weighted by atomic mass is 10.2. The van der Waals surface area contributed by atoms with Crippen molar-refractivity contribution in [3.63, 3.8) is 0 Å². The maximum Gasteiger partial charge on any atom is 0.267 e. The van der Waals surface area contributed by atoms with E-state index in [2.05, 4.69) is 20.2 Å². The van der Waals surface area contributed by atoms with E-state index < -0.39 is 5.91 Å². The molecule has 0 unspecified atom stereocenters. The number of amides is 1. The number of primary amides is 1. The Morgan fingerprint density at radius 3 is 2.74 bits per heavy atom. The Bertz CT molecular complexity index is 1150. The molecule has 0 fully saturated rings. The lowest BCUT2D eigenvalue weighted by molar-refractivity contribution is 0.0996. The maximum absolute atomic E-state index is 11.7. The van der Waals surface area contributed by atoms with Crippen LogP contribution in [-0.4, -0.2) is 51.7 Å². The molecule has 0 saturated carbocycles. The molecule has 4 aromatic rings. The molecule has 1 amide bonds. The highest BCUT2D eigenvalue weighted by molar-refractivity contribution is 5.99. The summed E-state index contributed by atoms with van der Waals surface area (Å²) in [5.74, 6) is -0.0277. The highest BCUT2D eigenvalue weighted by Crippen LogP contribution is 2.29. The number of nitrogens with zero attached hydrogens (tertiary/aromatic N) is 7. The first-order chi connectivity index (χ1) is 13.0. The predicted molar refractivity (Wildman–Crippen MR) is 97.5 cm³/mol. The summed E-state index contributed by atoms with van der Waals surface area (Å²) >= 11 is 0. The van der Waals surface area contributed by atoms with Crippen molar-refractivity contribution in [3.8, 4) is 22.8 Å². The Morgan fingerprint density at radius 1 is 1.19 bits per heavy atom. The Labute approximate surface area is 153 Å². The lowest BCUT2D eigenvalue weighted by Crippen LogP contribution is -2.14. The summed E-state index contributed by atoms with van der Waals surface area (Å²) in [6.45, 7) is 0.426. The molecule has 0 aromatic carbocycles. The molecule has 0 atom stereocenters. The smallest absolute Gasteiger partial charge is 0.267 e. The van der Waals surface area contributed by atoms with Crippen molar-refractivity contribution in [1.82, 2.24) is 34.1 Å². The summed E-state index contributed by atoms with van der Waals surface area (Å²) < 4.78 is 5.14. The molecule has 4 heterocycles. The molecule has 4 aromatic heterocycles. The van der Waals surface area contributed by atoms with Gasteiger partial charge in [-0.1, -0.05) is 0 Å². The summed E-state index contributed by atoms with van der Waals surface area (Å²) in [5, 5.41) is 18.3. The zero-order valence-corrected chi connectivity index (χ0v) is 14.9. The van der Waals surface area contributed by atoms with Crippen molar-refractivity contribution in [3.05, 3.63) is 36.5 Å². The van der Waals surface area contributed by atoms with E-state index in [1.807, 2.05) is 24.0 Å². The molecule has 0 aliphatic heterocycles. The zero-order chi connectivity index (χ0) is 19.1. The molecule has 3 N–H and O–H groups in total.